The zero-order valence-corrected chi connectivity index (χ0v) is 12.4. The summed E-state index contributed by atoms with van der Waals surface area (Å²) in [5.41, 5.74) is 7.34. The molecule has 0 spiro atoms. The van der Waals surface area contributed by atoms with Gasteiger partial charge >= 0.3 is 5.97 Å². The lowest BCUT2D eigenvalue weighted by Crippen LogP contribution is -2.40. The van der Waals surface area contributed by atoms with Gasteiger partial charge < -0.3 is 15.4 Å². The number of piperidine rings is 1. The normalized spacial score (nSPS) is 15.8. The Balaban J connectivity index is 1.93. The molecule has 1 saturated heterocycles. The zero-order valence-electron chi connectivity index (χ0n) is 12.4. The average Bonchev–Trinajstić information content (AvgIpc) is 2.54. The predicted octanol–water partition coefficient (Wildman–Crippen LogP) is 1.21. The molecule has 1 fully saturated rings. The second kappa shape index (κ2) is 7.22. The molecule has 5 heteroatoms. The Bertz CT molecular complexity index is 491. The van der Waals surface area contributed by atoms with Gasteiger partial charge in [-0.1, -0.05) is 12.1 Å². The van der Waals surface area contributed by atoms with Gasteiger partial charge in [-0.25, -0.2) is 0 Å². The first kappa shape index (κ1) is 15.5. The molecule has 1 amide bonds. The van der Waals surface area contributed by atoms with Crippen molar-refractivity contribution in [3.05, 3.63) is 35.4 Å². The number of ether oxygens (including phenoxy) is 1. The maximum absolute atomic E-state index is 12.4. The SMILES string of the molecule is COC(=O)C1CCN(C(=O)c2ccc(CCN)cc2)CC1. The second-order valence-electron chi connectivity index (χ2n) is 5.33. The largest absolute Gasteiger partial charge is 0.469 e. The first-order valence-electron chi connectivity index (χ1n) is 7.32. The number of rotatable bonds is 4. The number of benzene rings is 1. The standard InChI is InChI=1S/C16H22N2O3/c1-21-16(20)14-7-10-18(11-8-14)15(19)13-4-2-12(3-5-13)6-9-17/h2-5,14H,6-11,17H2,1H3. The number of nitrogens with zero attached hydrogens (tertiary/aromatic N) is 1. The fraction of sp³-hybridized carbons (Fsp3) is 0.500. The third-order valence-corrected chi connectivity index (χ3v) is 3.95. The molecule has 0 radical (unpaired) electrons. The number of hydrogen-bond donors (Lipinski definition) is 1. The van der Waals surface area contributed by atoms with Crippen LogP contribution in [0.25, 0.3) is 0 Å². The van der Waals surface area contributed by atoms with Gasteiger partial charge in [-0.3, -0.25) is 9.59 Å². The van der Waals surface area contributed by atoms with Crippen molar-refractivity contribution in [2.45, 2.75) is 19.3 Å². The van der Waals surface area contributed by atoms with E-state index in [4.69, 9.17) is 10.5 Å². The molecule has 1 aliphatic rings. The van der Waals surface area contributed by atoms with Crippen LogP contribution >= 0.6 is 0 Å². The summed E-state index contributed by atoms with van der Waals surface area (Å²) in [6.07, 6.45) is 2.16. The van der Waals surface area contributed by atoms with Gasteiger partial charge in [-0.05, 0) is 43.5 Å². The fourth-order valence-electron chi connectivity index (χ4n) is 2.65. The number of hydrogen-bond acceptors (Lipinski definition) is 4. The van der Waals surface area contributed by atoms with Crippen LogP contribution in [0.5, 0.6) is 0 Å². The minimum absolute atomic E-state index is 0.0256. The highest BCUT2D eigenvalue weighted by atomic mass is 16.5. The third kappa shape index (κ3) is 3.82. The highest BCUT2D eigenvalue weighted by molar-refractivity contribution is 5.94. The topological polar surface area (TPSA) is 72.6 Å². The number of esters is 1. The summed E-state index contributed by atoms with van der Waals surface area (Å²) in [6.45, 7) is 1.81. The Morgan fingerprint density at radius 2 is 1.86 bits per heavy atom. The first-order chi connectivity index (χ1) is 10.2. The number of nitrogens with two attached hydrogens (primary N) is 1. The lowest BCUT2D eigenvalue weighted by atomic mass is 9.96. The van der Waals surface area contributed by atoms with Crippen molar-refractivity contribution in [1.82, 2.24) is 4.90 Å². The van der Waals surface area contributed by atoms with Gasteiger partial charge in [0.15, 0.2) is 0 Å². The Kier molecular flexibility index (Phi) is 5.33. The summed E-state index contributed by atoms with van der Waals surface area (Å²) in [5, 5.41) is 0. The lowest BCUT2D eigenvalue weighted by molar-refractivity contribution is -0.146. The molecule has 0 saturated carbocycles. The molecule has 0 bridgehead atoms. The number of amides is 1. The highest BCUT2D eigenvalue weighted by Gasteiger charge is 2.28. The summed E-state index contributed by atoms with van der Waals surface area (Å²) in [5.74, 6) is -0.225. The number of methoxy groups -OCH3 is 1. The van der Waals surface area contributed by atoms with Crippen LogP contribution < -0.4 is 5.73 Å². The highest BCUT2D eigenvalue weighted by Crippen LogP contribution is 2.20. The second-order valence-corrected chi connectivity index (χ2v) is 5.33. The van der Waals surface area contributed by atoms with E-state index in [0.717, 1.165) is 12.0 Å². The van der Waals surface area contributed by atoms with Crippen LogP contribution in [0, 0.1) is 5.92 Å². The molecule has 1 aromatic carbocycles. The van der Waals surface area contributed by atoms with E-state index in [1.165, 1.54) is 7.11 Å². The van der Waals surface area contributed by atoms with Crippen molar-refractivity contribution in [3.8, 4) is 0 Å². The Morgan fingerprint density at radius 3 is 2.38 bits per heavy atom. The zero-order chi connectivity index (χ0) is 15.2. The molecule has 0 aliphatic carbocycles. The van der Waals surface area contributed by atoms with Crippen molar-refractivity contribution in [3.63, 3.8) is 0 Å². The molecule has 1 aliphatic heterocycles. The smallest absolute Gasteiger partial charge is 0.308 e. The third-order valence-electron chi connectivity index (χ3n) is 3.95. The van der Waals surface area contributed by atoms with Gasteiger partial charge in [0.25, 0.3) is 5.91 Å². The van der Waals surface area contributed by atoms with E-state index < -0.39 is 0 Å². The average molecular weight is 290 g/mol. The van der Waals surface area contributed by atoms with Crippen molar-refractivity contribution < 1.29 is 14.3 Å². The van der Waals surface area contributed by atoms with Gasteiger partial charge in [-0.15, -0.1) is 0 Å². The molecule has 0 atom stereocenters. The van der Waals surface area contributed by atoms with E-state index in [-0.39, 0.29) is 17.8 Å². The molecule has 5 nitrogen and oxygen atoms in total. The Labute approximate surface area is 125 Å². The Morgan fingerprint density at radius 1 is 1.24 bits per heavy atom. The van der Waals surface area contributed by atoms with E-state index in [0.29, 0.717) is 38.0 Å². The van der Waals surface area contributed by atoms with Gasteiger partial charge in [0.1, 0.15) is 0 Å². The van der Waals surface area contributed by atoms with Crippen LogP contribution in [0.4, 0.5) is 0 Å². The van der Waals surface area contributed by atoms with Crippen LogP contribution in [0.1, 0.15) is 28.8 Å². The maximum atomic E-state index is 12.4. The number of carbonyl (C=O) groups is 2. The van der Waals surface area contributed by atoms with Crippen molar-refractivity contribution in [2.75, 3.05) is 26.7 Å². The van der Waals surface area contributed by atoms with Crippen LogP contribution in [-0.2, 0) is 16.0 Å². The molecule has 21 heavy (non-hydrogen) atoms. The fourth-order valence-corrected chi connectivity index (χ4v) is 2.65. The van der Waals surface area contributed by atoms with E-state index in [1.807, 2.05) is 24.3 Å². The van der Waals surface area contributed by atoms with Crippen LogP contribution in [0.3, 0.4) is 0 Å². The molecule has 1 heterocycles. The molecule has 1 aromatic rings. The number of likely N-dealkylation sites (tertiary alicyclic amines) is 1. The van der Waals surface area contributed by atoms with E-state index in [2.05, 4.69) is 0 Å². The minimum atomic E-state index is -0.173. The summed E-state index contributed by atoms with van der Waals surface area (Å²) in [7, 11) is 1.41. The molecule has 2 rings (SSSR count). The lowest BCUT2D eigenvalue weighted by Gasteiger charge is -2.30. The minimum Gasteiger partial charge on any atom is -0.469 e. The van der Waals surface area contributed by atoms with Gasteiger partial charge in [0, 0.05) is 18.7 Å². The number of carbonyl (C=O) groups excluding carboxylic acids is 2. The van der Waals surface area contributed by atoms with Crippen LogP contribution in [-0.4, -0.2) is 43.5 Å². The van der Waals surface area contributed by atoms with Crippen LogP contribution in [0.15, 0.2) is 24.3 Å². The van der Waals surface area contributed by atoms with Crippen molar-refractivity contribution >= 4 is 11.9 Å². The van der Waals surface area contributed by atoms with Gasteiger partial charge in [-0.2, -0.15) is 0 Å². The van der Waals surface area contributed by atoms with Crippen molar-refractivity contribution in [1.29, 1.82) is 0 Å². The van der Waals surface area contributed by atoms with Gasteiger partial charge in [0.05, 0.1) is 13.0 Å². The molecule has 0 aromatic heterocycles. The molecular formula is C16H22N2O3. The monoisotopic (exact) mass is 290 g/mol. The molecule has 2 N–H and O–H groups in total. The molecule has 114 valence electrons. The Hall–Kier alpha value is -1.88. The van der Waals surface area contributed by atoms with Crippen molar-refractivity contribution in [2.24, 2.45) is 11.7 Å². The summed E-state index contributed by atoms with van der Waals surface area (Å²) >= 11 is 0. The quantitative estimate of drug-likeness (QED) is 0.846. The van der Waals surface area contributed by atoms with E-state index >= 15 is 0 Å². The molecular weight excluding hydrogens is 268 g/mol. The first-order valence-corrected chi connectivity index (χ1v) is 7.32. The summed E-state index contributed by atoms with van der Waals surface area (Å²) in [4.78, 5) is 25.7. The van der Waals surface area contributed by atoms with Crippen LogP contribution in [0.2, 0.25) is 0 Å². The van der Waals surface area contributed by atoms with E-state index in [1.54, 1.807) is 4.90 Å². The van der Waals surface area contributed by atoms with Gasteiger partial charge in [0.2, 0.25) is 0 Å². The predicted molar refractivity (Wildman–Crippen MR) is 79.8 cm³/mol. The summed E-state index contributed by atoms with van der Waals surface area (Å²) in [6, 6.07) is 7.59. The summed E-state index contributed by atoms with van der Waals surface area (Å²) < 4.78 is 4.75. The molecule has 0 unspecified atom stereocenters. The maximum Gasteiger partial charge on any atom is 0.308 e. The van der Waals surface area contributed by atoms with E-state index in [9.17, 15) is 9.59 Å².